The quantitative estimate of drug-likeness (QED) is 0.617. The van der Waals surface area contributed by atoms with E-state index in [-0.39, 0.29) is 23.4 Å². The summed E-state index contributed by atoms with van der Waals surface area (Å²) in [6, 6.07) is 3.97. The molecule has 4 atom stereocenters. The van der Waals surface area contributed by atoms with Crippen molar-refractivity contribution in [3.05, 3.63) is 28.8 Å². The van der Waals surface area contributed by atoms with Gasteiger partial charge in [0, 0.05) is 29.6 Å². The Morgan fingerprint density at radius 1 is 1.31 bits per heavy atom. The van der Waals surface area contributed by atoms with Crippen molar-refractivity contribution >= 4 is 5.91 Å². The molecule has 3 aliphatic carbocycles. The van der Waals surface area contributed by atoms with E-state index in [4.69, 9.17) is 5.73 Å². The predicted octanol–water partition coefficient (Wildman–Crippen LogP) is 1.66. The third-order valence-electron chi connectivity index (χ3n) is 8.66. The molecule has 158 valence electrons. The van der Waals surface area contributed by atoms with Crippen LogP contribution in [0.5, 0.6) is 5.75 Å². The molecule has 1 aliphatic heterocycles. The summed E-state index contributed by atoms with van der Waals surface area (Å²) in [6.07, 6.45) is 7.86. The number of fused-ring (bicyclic) bond motifs is 1. The van der Waals surface area contributed by atoms with Gasteiger partial charge in [0.05, 0.1) is 11.2 Å². The van der Waals surface area contributed by atoms with Gasteiger partial charge >= 0.3 is 0 Å². The molecule has 6 heteroatoms. The maximum Gasteiger partial charge on any atom is 0.252 e. The number of primary amides is 1. The first kappa shape index (κ1) is 19.3. The molecule has 3 fully saturated rings. The van der Waals surface area contributed by atoms with E-state index in [2.05, 4.69) is 10.2 Å². The Morgan fingerprint density at radius 2 is 2.10 bits per heavy atom. The number of piperidine rings is 1. The minimum absolute atomic E-state index is 0.00364. The monoisotopic (exact) mass is 399 g/mol. The molecule has 5 N–H and O–H groups in total. The maximum absolute atomic E-state index is 12.3. The summed E-state index contributed by atoms with van der Waals surface area (Å²) in [7, 11) is 1.97. The molecule has 2 bridgehead atoms. The van der Waals surface area contributed by atoms with Gasteiger partial charge in [-0.15, -0.1) is 0 Å². The lowest BCUT2D eigenvalue weighted by atomic mass is 9.48. The van der Waals surface area contributed by atoms with Crippen molar-refractivity contribution in [2.45, 2.75) is 74.5 Å². The van der Waals surface area contributed by atoms with Gasteiger partial charge in [-0.3, -0.25) is 9.69 Å². The van der Waals surface area contributed by atoms with Gasteiger partial charge in [-0.25, -0.2) is 0 Å². The van der Waals surface area contributed by atoms with Crippen LogP contribution in [0.4, 0.5) is 0 Å². The van der Waals surface area contributed by atoms with Crippen LogP contribution in [0.2, 0.25) is 0 Å². The summed E-state index contributed by atoms with van der Waals surface area (Å²) < 4.78 is 0. The molecule has 2 saturated carbocycles. The smallest absolute Gasteiger partial charge is 0.252 e. The zero-order valence-electron chi connectivity index (χ0n) is 17.3. The number of rotatable bonds is 4. The van der Waals surface area contributed by atoms with Crippen LogP contribution < -0.4 is 11.1 Å². The summed E-state index contributed by atoms with van der Waals surface area (Å²) in [5.41, 5.74) is 6.14. The van der Waals surface area contributed by atoms with Gasteiger partial charge in [-0.2, -0.15) is 0 Å². The zero-order valence-corrected chi connectivity index (χ0v) is 17.3. The van der Waals surface area contributed by atoms with Gasteiger partial charge in [0.15, 0.2) is 0 Å². The predicted molar refractivity (Wildman–Crippen MR) is 111 cm³/mol. The highest BCUT2D eigenvalue weighted by molar-refractivity contribution is 5.96. The average Bonchev–Trinajstić information content (AvgIpc) is 2.65. The van der Waals surface area contributed by atoms with Gasteiger partial charge < -0.3 is 21.3 Å². The number of amides is 1. The maximum atomic E-state index is 12.3. The number of nitrogens with zero attached hydrogens (tertiary/aromatic N) is 1. The molecule has 1 heterocycles. The summed E-state index contributed by atoms with van der Waals surface area (Å²) in [5.74, 6) is 0.138. The molecule has 2 unspecified atom stereocenters. The molecule has 0 spiro atoms. The second-order valence-corrected chi connectivity index (χ2v) is 9.86. The number of likely N-dealkylation sites (tertiary alicyclic amines) is 1. The first-order chi connectivity index (χ1) is 13.9. The van der Waals surface area contributed by atoms with Crippen molar-refractivity contribution in [2.24, 2.45) is 11.7 Å². The number of carbonyl (C=O) groups is 1. The largest absolute Gasteiger partial charge is 0.507 e. The SMILES string of the molecule is CNC1CC[C@@]2(O)[C@H]3Cc4ccc(C(N)=O)c(O)c4C2(CCN3CC2CCC2)C1. The van der Waals surface area contributed by atoms with E-state index >= 15 is 0 Å². The lowest BCUT2D eigenvalue weighted by Crippen LogP contribution is -2.74. The highest BCUT2D eigenvalue weighted by atomic mass is 16.3. The number of hydrogen-bond donors (Lipinski definition) is 4. The van der Waals surface area contributed by atoms with Crippen LogP contribution in [0.1, 0.15) is 66.4 Å². The van der Waals surface area contributed by atoms with Gasteiger partial charge in [0.1, 0.15) is 5.75 Å². The first-order valence-electron chi connectivity index (χ1n) is 11.2. The molecule has 0 aromatic heterocycles. The van der Waals surface area contributed by atoms with Crippen LogP contribution in [0.3, 0.4) is 0 Å². The van der Waals surface area contributed by atoms with Crippen molar-refractivity contribution in [2.75, 3.05) is 20.1 Å². The highest BCUT2D eigenvalue weighted by Gasteiger charge is 2.65. The summed E-state index contributed by atoms with van der Waals surface area (Å²) >= 11 is 0. The minimum Gasteiger partial charge on any atom is -0.507 e. The lowest BCUT2D eigenvalue weighted by Gasteiger charge is -2.65. The van der Waals surface area contributed by atoms with Crippen LogP contribution in [0, 0.1) is 5.92 Å². The van der Waals surface area contributed by atoms with Crippen LogP contribution in [-0.2, 0) is 11.8 Å². The Bertz CT molecular complexity index is 839. The molecule has 1 amide bonds. The van der Waals surface area contributed by atoms with Crippen LogP contribution in [-0.4, -0.2) is 58.8 Å². The lowest BCUT2D eigenvalue weighted by molar-refractivity contribution is -0.173. The Morgan fingerprint density at radius 3 is 2.76 bits per heavy atom. The van der Waals surface area contributed by atoms with E-state index in [1.165, 1.54) is 19.3 Å². The fourth-order valence-corrected chi connectivity index (χ4v) is 6.89. The van der Waals surface area contributed by atoms with Gasteiger partial charge in [0.25, 0.3) is 5.91 Å². The molecule has 1 saturated heterocycles. The third-order valence-corrected chi connectivity index (χ3v) is 8.66. The van der Waals surface area contributed by atoms with E-state index in [1.54, 1.807) is 6.07 Å². The standard InChI is InChI=1S/C23H33N3O3/c1-25-16-7-8-23(29)18-11-15-5-6-17(21(24)28)20(27)19(15)22(23,12-16)9-10-26(18)13-14-3-2-4-14/h5-6,14,16,18,25,27,29H,2-4,7-13H2,1H3,(H2,24,28)/t16?,18-,22?,23-/m1/s1. The van der Waals surface area contributed by atoms with Crippen molar-refractivity contribution in [3.8, 4) is 5.75 Å². The van der Waals surface area contributed by atoms with Crippen LogP contribution >= 0.6 is 0 Å². The first-order valence-corrected chi connectivity index (χ1v) is 11.2. The van der Waals surface area contributed by atoms with Crippen molar-refractivity contribution in [1.82, 2.24) is 10.2 Å². The average molecular weight is 400 g/mol. The summed E-state index contributed by atoms with van der Waals surface area (Å²) in [5, 5.41) is 26.8. The number of aliphatic hydroxyl groups is 1. The van der Waals surface area contributed by atoms with Gasteiger partial charge in [0.2, 0.25) is 0 Å². The Hall–Kier alpha value is -1.63. The van der Waals surface area contributed by atoms with Crippen molar-refractivity contribution in [1.29, 1.82) is 0 Å². The second-order valence-electron chi connectivity index (χ2n) is 9.86. The fourth-order valence-electron chi connectivity index (χ4n) is 6.89. The highest BCUT2D eigenvalue weighted by Crippen LogP contribution is 2.60. The molecule has 29 heavy (non-hydrogen) atoms. The molecular formula is C23H33N3O3. The summed E-state index contributed by atoms with van der Waals surface area (Å²) in [4.78, 5) is 14.5. The number of carbonyl (C=O) groups excluding carboxylic acids is 1. The molecule has 1 aromatic carbocycles. The second kappa shape index (κ2) is 6.69. The number of nitrogens with one attached hydrogen (secondary N) is 1. The van der Waals surface area contributed by atoms with Gasteiger partial charge in [-0.05, 0) is 76.1 Å². The van der Waals surface area contributed by atoms with E-state index in [0.717, 1.165) is 55.8 Å². The number of nitrogens with two attached hydrogens (primary N) is 1. The Kier molecular flexibility index (Phi) is 4.46. The normalized spacial score (nSPS) is 36.8. The van der Waals surface area contributed by atoms with E-state index in [0.29, 0.717) is 6.42 Å². The number of hydrogen-bond acceptors (Lipinski definition) is 5. The van der Waals surface area contributed by atoms with Crippen molar-refractivity contribution in [3.63, 3.8) is 0 Å². The van der Waals surface area contributed by atoms with Crippen LogP contribution in [0.15, 0.2) is 12.1 Å². The third kappa shape index (κ3) is 2.62. The fraction of sp³-hybridized carbons (Fsp3) is 0.696. The van der Waals surface area contributed by atoms with Gasteiger partial charge in [-0.1, -0.05) is 12.5 Å². The Labute approximate surface area is 172 Å². The van der Waals surface area contributed by atoms with Crippen LogP contribution in [0.25, 0.3) is 0 Å². The van der Waals surface area contributed by atoms with E-state index in [9.17, 15) is 15.0 Å². The molecule has 6 nitrogen and oxygen atoms in total. The molecule has 0 radical (unpaired) electrons. The number of benzene rings is 1. The number of aromatic hydroxyl groups is 1. The zero-order chi connectivity index (χ0) is 20.4. The Balaban J connectivity index is 1.64. The topological polar surface area (TPSA) is 98.8 Å². The molecule has 5 rings (SSSR count). The summed E-state index contributed by atoms with van der Waals surface area (Å²) in [6.45, 7) is 2.00. The van der Waals surface area contributed by atoms with Crippen molar-refractivity contribution < 1.29 is 15.0 Å². The molecular weight excluding hydrogens is 366 g/mol. The molecule has 1 aromatic rings. The van der Waals surface area contributed by atoms with E-state index in [1.807, 2.05) is 13.1 Å². The minimum atomic E-state index is -0.886. The molecule has 4 aliphatic rings. The van der Waals surface area contributed by atoms with E-state index < -0.39 is 16.9 Å². The number of phenols is 1.